The Morgan fingerprint density at radius 2 is 1.83 bits per heavy atom. The van der Waals surface area contributed by atoms with Gasteiger partial charge in [0.25, 0.3) is 0 Å². The van der Waals surface area contributed by atoms with Crippen LogP contribution >= 0.6 is 15.9 Å². The molecule has 0 saturated carbocycles. The number of carbonyl (C=O) groups is 1. The number of fused-ring (bicyclic) bond motifs is 2. The Kier molecular flexibility index (Phi) is 7.34. The van der Waals surface area contributed by atoms with Gasteiger partial charge in [-0.1, -0.05) is 15.9 Å². The molecule has 0 radical (unpaired) electrons. The van der Waals surface area contributed by atoms with E-state index in [1.54, 1.807) is 0 Å². The average Bonchev–Trinajstić information content (AvgIpc) is 3.12. The van der Waals surface area contributed by atoms with Crippen LogP contribution < -0.4 is 25.0 Å². The number of ether oxygens (including phenoxy) is 2. The van der Waals surface area contributed by atoms with Gasteiger partial charge in [-0.3, -0.25) is 4.90 Å². The molecule has 1 saturated heterocycles. The number of anilines is 2. The van der Waals surface area contributed by atoms with Gasteiger partial charge in [-0.25, -0.2) is 4.79 Å². The van der Waals surface area contributed by atoms with E-state index >= 15 is 0 Å². The van der Waals surface area contributed by atoms with E-state index in [-0.39, 0.29) is 0 Å². The van der Waals surface area contributed by atoms with Crippen molar-refractivity contribution < 1.29 is 18.7 Å². The van der Waals surface area contributed by atoms with Crippen LogP contribution in [0.4, 0.5) is 16.4 Å². The van der Waals surface area contributed by atoms with Gasteiger partial charge in [-0.2, -0.15) is 0 Å². The molecule has 1 fully saturated rings. The van der Waals surface area contributed by atoms with E-state index in [0.717, 1.165) is 78.9 Å². The lowest BCUT2D eigenvalue weighted by Gasteiger charge is -2.26. The summed E-state index contributed by atoms with van der Waals surface area (Å²) >= 11 is 3.47. The summed E-state index contributed by atoms with van der Waals surface area (Å²) in [6.45, 7) is 6.81. The van der Waals surface area contributed by atoms with Crippen molar-refractivity contribution in [3.05, 3.63) is 46.9 Å². The van der Waals surface area contributed by atoms with Gasteiger partial charge in [0.2, 0.25) is 5.88 Å². The molecule has 3 heterocycles. The van der Waals surface area contributed by atoms with Gasteiger partial charge in [0.05, 0.1) is 0 Å². The molecule has 9 heteroatoms. The molecule has 5 rings (SSSR count). The Bertz CT molecular complexity index is 1180. The van der Waals surface area contributed by atoms with Crippen LogP contribution in [-0.2, 0) is 0 Å². The van der Waals surface area contributed by atoms with Gasteiger partial charge in [0.15, 0.2) is 11.5 Å². The first-order valence-electron chi connectivity index (χ1n) is 12.2. The van der Waals surface area contributed by atoms with Crippen molar-refractivity contribution in [2.24, 2.45) is 5.73 Å². The van der Waals surface area contributed by atoms with Crippen molar-refractivity contribution >= 4 is 44.5 Å². The second-order valence-electron chi connectivity index (χ2n) is 8.97. The maximum Gasteiger partial charge on any atom is 0.321 e. The number of primary amides is 1. The monoisotopic (exact) mass is 542 g/mol. The number of amides is 2. The fourth-order valence-electron chi connectivity index (χ4n) is 4.75. The highest BCUT2D eigenvalue weighted by molar-refractivity contribution is 9.10. The summed E-state index contributed by atoms with van der Waals surface area (Å²) in [5, 5.41) is 0.938. The number of furan rings is 1. The number of urea groups is 1. The Labute approximate surface area is 213 Å². The minimum atomic E-state index is -0.493. The van der Waals surface area contributed by atoms with Crippen LogP contribution in [0.2, 0.25) is 0 Å². The van der Waals surface area contributed by atoms with Crippen LogP contribution in [0.1, 0.15) is 19.3 Å². The van der Waals surface area contributed by atoms with Crippen molar-refractivity contribution in [1.29, 1.82) is 0 Å². The third-order valence-corrected chi connectivity index (χ3v) is 7.08. The number of unbranched alkanes of at least 4 members (excludes halogenated alkanes) is 1. The third-order valence-electron chi connectivity index (χ3n) is 6.58. The number of benzene rings is 2. The number of carbonyl (C=O) groups excluding carboxylic acids is 1. The fourth-order valence-corrected chi connectivity index (χ4v) is 5.13. The average molecular weight is 543 g/mol. The summed E-state index contributed by atoms with van der Waals surface area (Å²) in [6.07, 6.45) is 2.95. The van der Waals surface area contributed by atoms with Crippen molar-refractivity contribution in [3.63, 3.8) is 0 Å². The summed E-state index contributed by atoms with van der Waals surface area (Å²) in [7, 11) is 0. The molecule has 2 amide bonds. The first kappa shape index (κ1) is 23.8. The molecule has 0 spiro atoms. The summed E-state index contributed by atoms with van der Waals surface area (Å²) in [4.78, 5) is 18.5. The summed E-state index contributed by atoms with van der Waals surface area (Å²) in [6, 6.07) is 13.4. The standard InChI is InChI=1S/C26H31BrN4O4/c27-20-4-6-22-19(16-20)17-25(35-22)31(26(28)32)11-2-1-8-29-9-3-10-30(13-12-29)21-5-7-23-24(18-21)34-15-14-33-23/h4-7,16-18H,1-3,8-15H2,(H2,28,32). The predicted octanol–water partition coefficient (Wildman–Crippen LogP) is 4.84. The van der Waals surface area contributed by atoms with Crippen LogP contribution in [0.25, 0.3) is 11.0 Å². The molecule has 8 nitrogen and oxygen atoms in total. The number of halogens is 1. The quantitative estimate of drug-likeness (QED) is 0.430. The number of hydrogen-bond acceptors (Lipinski definition) is 6. The number of nitrogens with zero attached hydrogens (tertiary/aromatic N) is 3. The minimum absolute atomic E-state index is 0.493. The second kappa shape index (κ2) is 10.8. The first-order chi connectivity index (χ1) is 17.1. The van der Waals surface area contributed by atoms with E-state index in [0.29, 0.717) is 25.6 Å². The molecule has 186 valence electrons. The molecule has 2 aliphatic heterocycles. The van der Waals surface area contributed by atoms with Crippen LogP contribution in [0.3, 0.4) is 0 Å². The Morgan fingerprint density at radius 3 is 2.69 bits per heavy atom. The summed E-state index contributed by atoms with van der Waals surface area (Å²) in [5.74, 6) is 2.17. The third kappa shape index (κ3) is 5.67. The topological polar surface area (TPSA) is 84.4 Å². The zero-order valence-electron chi connectivity index (χ0n) is 19.7. The smallest absolute Gasteiger partial charge is 0.321 e. The van der Waals surface area contributed by atoms with E-state index in [9.17, 15) is 4.79 Å². The normalized spacial score (nSPS) is 16.3. The lowest BCUT2D eigenvalue weighted by Crippen LogP contribution is -2.37. The van der Waals surface area contributed by atoms with E-state index in [4.69, 9.17) is 19.6 Å². The van der Waals surface area contributed by atoms with Crippen molar-refractivity contribution in [3.8, 4) is 11.5 Å². The molecule has 2 N–H and O–H groups in total. The summed E-state index contributed by atoms with van der Waals surface area (Å²) < 4.78 is 18.2. The maximum absolute atomic E-state index is 12.1. The lowest BCUT2D eigenvalue weighted by atomic mass is 10.2. The minimum Gasteiger partial charge on any atom is -0.486 e. The van der Waals surface area contributed by atoms with Crippen LogP contribution in [0, 0.1) is 0 Å². The Balaban J connectivity index is 1.11. The largest absolute Gasteiger partial charge is 0.486 e. The molecule has 35 heavy (non-hydrogen) atoms. The Morgan fingerprint density at radius 1 is 0.971 bits per heavy atom. The molecule has 1 aromatic heterocycles. The van der Waals surface area contributed by atoms with Gasteiger partial charge in [0, 0.05) is 53.9 Å². The van der Waals surface area contributed by atoms with Crippen molar-refractivity contribution in [2.75, 3.05) is 62.3 Å². The molecular weight excluding hydrogens is 512 g/mol. The van der Waals surface area contributed by atoms with Gasteiger partial charge < -0.3 is 29.4 Å². The second-order valence-corrected chi connectivity index (χ2v) is 9.89. The SMILES string of the molecule is NC(=O)N(CCCCN1CCCN(c2ccc3c(c2)OCCO3)CC1)c1cc2cc(Br)ccc2o1. The molecule has 0 atom stereocenters. The van der Waals surface area contributed by atoms with Crippen LogP contribution in [-0.4, -0.2) is 63.4 Å². The van der Waals surface area contributed by atoms with Gasteiger partial charge >= 0.3 is 6.03 Å². The lowest BCUT2D eigenvalue weighted by molar-refractivity contribution is 0.171. The van der Waals surface area contributed by atoms with Crippen molar-refractivity contribution in [1.82, 2.24) is 4.90 Å². The molecule has 0 unspecified atom stereocenters. The zero-order chi connectivity index (χ0) is 24.2. The van der Waals surface area contributed by atoms with E-state index in [1.165, 1.54) is 10.6 Å². The molecular formula is C26H31BrN4O4. The highest BCUT2D eigenvalue weighted by Crippen LogP contribution is 2.34. The van der Waals surface area contributed by atoms with Crippen molar-refractivity contribution in [2.45, 2.75) is 19.3 Å². The highest BCUT2D eigenvalue weighted by atomic mass is 79.9. The first-order valence-corrected chi connectivity index (χ1v) is 13.0. The number of nitrogens with two attached hydrogens (primary N) is 1. The maximum atomic E-state index is 12.1. The van der Waals surface area contributed by atoms with Crippen LogP contribution in [0.15, 0.2) is 51.4 Å². The van der Waals surface area contributed by atoms with E-state index in [2.05, 4.69) is 37.9 Å². The predicted molar refractivity (Wildman–Crippen MR) is 141 cm³/mol. The summed E-state index contributed by atoms with van der Waals surface area (Å²) in [5.41, 5.74) is 7.59. The molecule has 0 bridgehead atoms. The van der Waals surface area contributed by atoms with Gasteiger partial charge in [0.1, 0.15) is 18.8 Å². The van der Waals surface area contributed by atoms with E-state index < -0.39 is 6.03 Å². The molecule has 3 aromatic rings. The van der Waals surface area contributed by atoms with Gasteiger partial charge in [-0.15, -0.1) is 0 Å². The van der Waals surface area contributed by atoms with Gasteiger partial charge in [-0.05, 0) is 62.7 Å². The fraction of sp³-hybridized carbons (Fsp3) is 0.423. The molecule has 2 aromatic carbocycles. The zero-order valence-corrected chi connectivity index (χ0v) is 21.3. The number of hydrogen-bond donors (Lipinski definition) is 1. The van der Waals surface area contributed by atoms with Crippen LogP contribution in [0.5, 0.6) is 11.5 Å². The highest BCUT2D eigenvalue weighted by Gasteiger charge is 2.20. The number of rotatable bonds is 7. The Hall–Kier alpha value is -2.91. The molecule has 2 aliphatic rings. The van der Waals surface area contributed by atoms with E-state index in [1.807, 2.05) is 30.3 Å². The molecule has 0 aliphatic carbocycles.